The number of furan rings is 1. The predicted octanol–water partition coefficient (Wildman–Crippen LogP) is 9.39. The fourth-order valence-electron chi connectivity index (χ4n) is 12.7. The van der Waals surface area contributed by atoms with Crippen LogP contribution in [0.15, 0.2) is 189 Å². The molecule has 25 heteroatoms. The number of amides is 3. The van der Waals surface area contributed by atoms with E-state index in [2.05, 4.69) is 33.1 Å². The highest BCUT2D eigenvalue weighted by Crippen LogP contribution is 2.35. The summed E-state index contributed by atoms with van der Waals surface area (Å²) in [5, 5.41) is 34.5. The predicted molar refractivity (Wildman–Crippen MR) is 372 cm³/mol. The summed E-state index contributed by atoms with van der Waals surface area (Å²) in [6.07, 6.45) is 5.91. The van der Waals surface area contributed by atoms with Crippen molar-refractivity contribution in [3.8, 4) is 24.0 Å². The number of carbonyl (C=O) groups is 3. The van der Waals surface area contributed by atoms with E-state index in [1.54, 1.807) is 75.6 Å². The molecule has 3 saturated heterocycles. The number of para-hydroxylation sites is 2. The number of ether oxygens (including phenoxy) is 1. The van der Waals surface area contributed by atoms with Crippen molar-refractivity contribution in [3.63, 3.8) is 0 Å². The summed E-state index contributed by atoms with van der Waals surface area (Å²) in [5.74, 6) is 0.364. The number of anilines is 3. The number of aromatic nitrogens is 5. The lowest BCUT2D eigenvalue weighted by molar-refractivity contribution is 0.0712. The Balaban J connectivity index is 0.000000141. The van der Waals surface area contributed by atoms with E-state index in [0.717, 1.165) is 43.4 Å². The quantitative estimate of drug-likeness (QED) is 0.117. The third-order valence-corrected chi connectivity index (χ3v) is 18.7. The summed E-state index contributed by atoms with van der Waals surface area (Å²) < 4.78 is 28.5. The molecule has 3 fully saturated rings. The summed E-state index contributed by atoms with van der Waals surface area (Å²) in [7, 11) is 3.26. The molecule has 3 aliphatic heterocycles. The second kappa shape index (κ2) is 29.4. The lowest BCUT2D eigenvalue weighted by Gasteiger charge is -2.37. The lowest BCUT2D eigenvalue weighted by Crippen LogP contribution is -2.49. The maximum atomic E-state index is 13.6. The molecule has 11 aromatic rings. The molecule has 0 bridgehead atoms. The first kappa shape index (κ1) is 66.1. The van der Waals surface area contributed by atoms with E-state index in [-0.39, 0.29) is 63.6 Å². The molecule has 0 saturated carbocycles. The fraction of sp³-hybridized carbons (Fsp3) is 0.219. The van der Waals surface area contributed by atoms with Gasteiger partial charge in [-0.05, 0) is 89.3 Å². The average molecular weight is 1350 g/mol. The molecule has 0 spiro atoms. The van der Waals surface area contributed by atoms with Crippen LogP contribution in [0.5, 0.6) is 5.75 Å². The number of benzene rings is 5. The Hall–Kier alpha value is -11.9. The van der Waals surface area contributed by atoms with Crippen molar-refractivity contribution in [2.45, 2.75) is 13.1 Å². The molecule has 0 atom stereocenters. The van der Waals surface area contributed by atoms with Crippen molar-refractivity contribution in [2.75, 3.05) is 100 Å². The van der Waals surface area contributed by atoms with Crippen molar-refractivity contribution in [2.24, 2.45) is 7.05 Å². The number of aryl methyl sites for hydroxylation is 1. The van der Waals surface area contributed by atoms with Gasteiger partial charge in [-0.2, -0.15) is 15.8 Å². The molecule has 0 unspecified atom stereocenters. The van der Waals surface area contributed by atoms with E-state index in [0.29, 0.717) is 124 Å². The van der Waals surface area contributed by atoms with Crippen LogP contribution in [0.3, 0.4) is 0 Å². The smallest absolute Gasteiger partial charge is 0.289 e. The standard InChI is InChI=1S/C27H24N4O3S.C26H21FN6O2.C20H17ClN4O3/c1-34-20-10-8-19(9-11-20)18-31-23-6-3-2-5-21(23)25(22(17-28)26(31)32)29-12-14-30(15-13-29)27(33)24-7-4-16-35-24;27-19-7-5-18(6-8-19)17-33-23-4-2-1-3-20(23)24(21(15-28)25(33)34)31-11-13-32(14-12-31)26(35)22-16-29-9-10-30-22;1-23-16-5-4-13(21)11-14(16)18(15(12-22)19(23)26)24-6-8-25(9-7-24)20(27)17-3-2-10-28-17/h2-11,16H,12-15,18H2,1H3;1-10,16H,11-14,17H2;2-5,10-11H,6-9H2,1H3. The van der Waals surface area contributed by atoms with Gasteiger partial charge in [-0.3, -0.25) is 33.8 Å². The van der Waals surface area contributed by atoms with Crippen molar-refractivity contribution in [3.05, 3.63) is 256 Å². The number of pyridine rings is 3. The second-order valence-electron chi connectivity index (χ2n) is 23.2. The van der Waals surface area contributed by atoms with Gasteiger partial charge in [0.25, 0.3) is 34.4 Å². The highest BCUT2D eigenvalue weighted by Gasteiger charge is 2.32. The summed E-state index contributed by atoms with van der Waals surface area (Å²) >= 11 is 7.62. The number of hydrogen-bond donors (Lipinski definition) is 0. The number of rotatable bonds is 11. The van der Waals surface area contributed by atoms with E-state index in [4.69, 9.17) is 20.8 Å². The molecule has 9 heterocycles. The van der Waals surface area contributed by atoms with Crippen LogP contribution in [0.4, 0.5) is 21.5 Å². The third kappa shape index (κ3) is 13.5. The van der Waals surface area contributed by atoms with E-state index in [1.165, 1.54) is 52.9 Å². The molecule has 492 valence electrons. The SMILES string of the molecule is COc1ccc(Cn2c(=O)c(C#N)c(N3CCN(C(=O)c4cccs4)CC3)c3ccccc32)cc1.Cn1c(=O)c(C#N)c(N2CCN(C(=O)c3ccco3)CC2)c2cc(Cl)ccc21.N#Cc1c(N2CCN(C(=O)c3cnccn3)CC2)c2ccccc2n(Cc2ccc(F)cc2)c1=O. The first-order chi connectivity index (χ1) is 47.7. The minimum absolute atomic E-state index is 0.0277. The molecular weight excluding hydrogens is 1290 g/mol. The van der Waals surface area contributed by atoms with Gasteiger partial charge in [0.05, 0.1) is 71.1 Å². The molecule has 3 amide bonds. The van der Waals surface area contributed by atoms with Gasteiger partial charge in [0.1, 0.15) is 52.2 Å². The van der Waals surface area contributed by atoms with Crippen LogP contribution >= 0.6 is 22.9 Å². The first-order valence-corrected chi connectivity index (χ1v) is 32.6. The molecular formula is C73H62ClFN14O8S. The van der Waals surface area contributed by atoms with Crippen LogP contribution in [-0.2, 0) is 20.1 Å². The molecule has 98 heavy (non-hydrogen) atoms. The fourth-order valence-corrected chi connectivity index (χ4v) is 13.5. The molecule has 14 rings (SSSR count). The van der Waals surface area contributed by atoms with Gasteiger partial charge in [0.15, 0.2) is 5.76 Å². The average Bonchev–Trinajstić information content (AvgIpc) is 0.875. The van der Waals surface area contributed by atoms with Gasteiger partial charge >= 0.3 is 0 Å². The number of nitrogens with zero attached hydrogens (tertiary/aromatic N) is 14. The van der Waals surface area contributed by atoms with Crippen molar-refractivity contribution in [1.82, 2.24) is 38.4 Å². The molecule has 3 aliphatic rings. The Morgan fingerprint density at radius 3 is 1.54 bits per heavy atom. The Morgan fingerprint density at radius 1 is 0.561 bits per heavy atom. The van der Waals surface area contributed by atoms with Crippen molar-refractivity contribution < 1.29 is 27.9 Å². The van der Waals surface area contributed by atoms with Crippen LogP contribution in [0.25, 0.3) is 32.7 Å². The minimum Gasteiger partial charge on any atom is -0.497 e. The summed E-state index contributed by atoms with van der Waals surface area (Å²) in [6, 6.07) is 47.3. The van der Waals surface area contributed by atoms with Crippen LogP contribution in [0, 0.1) is 39.8 Å². The summed E-state index contributed by atoms with van der Waals surface area (Å²) in [6.45, 7) is 6.43. The highest BCUT2D eigenvalue weighted by molar-refractivity contribution is 7.12. The Morgan fingerprint density at radius 2 is 1.06 bits per heavy atom. The number of nitriles is 3. The van der Waals surface area contributed by atoms with E-state index in [1.807, 2.05) is 105 Å². The molecule has 0 N–H and O–H groups in total. The van der Waals surface area contributed by atoms with Gasteiger partial charge in [-0.25, -0.2) is 9.37 Å². The Bertz CT molecular complexity index is 5120. The van der Waals surface area contributed by atoms with Gasteiger partial charge in [0.2, 0.25) is 0 Å². The molecule has 22 nitrogen and oxygen atoms in total. The van der Waals surface area contributed by atoms with Crippen LogP contribution in [0.1, 0.15) is 58.5 Å². The number of thiophene rings is 1. The maximum absolute atomic E-state index is 13.6. The maximum Gasteiger partial charge on any atom is 0.289 e. The summed E-state index contributed by atoms with van der Waals surface area (Å²) in [5.41, 5.74) is 5.18. The number of fused-ring (bicyclic) bond motifs is 3. The van der Waals surface area contributed by atoms with Crippen LogP contribution < -0.4 is 36.1 Å². The minimum atomic E-state index is -0.399. The topological polar surface area (TPSA) is 256 Å². The number of piperazine rings is 3. The van der Waals surface area contributed by atoms with Crippen LogP contribution in [0.2, 0.25) is 5.02 Å². The Labute approximate surface area is 569 Å². The largest absolute Gasteiger partial charge is 0.497 e. The lowest BCUT2D eigenvalue weighted by atomic mass is 10.1. The van der Waals surface area contributed by atoms with Gasteiger partial charge < -0.3 is 52.3 Å². The van der Waals surface area contributed by atoms with Crippen LogP contribution in [-0.4, -0.2) is 142 Å². The monoisotopic (exact) mass is 1350 g/mol. The number of methoxy groups -OCH3 is 1. The van der Waals surface area contributed by atoms with E-state index < -0.39 is 5.56 Å². The van der Waals surface area contributed by atoms with E-state index >= 15 is 0 Å². The zero-order valence-electron chi connectivity index (χ0n) is 53.3. The number of hydrogen-bond acceptors (Lipinski definition) is 17. The van der Waals surface area contributed by atoms with Gasteiger partial charge in [-0.15, -0.1) is 11.3 Å². The molecule has 0 aliphatic carbocycles. The second-order valence-corrected chi connectivity index (χ2v) is 24.6. The zero-order chi connectivity index (χ0) is 68.6. The highest BCUT2D eigenvalue weighted by atomic mass is 35.5. The first-order valence-electron chi connectivity index (χ1n) is 31.3. The molecule has 6 aromatic heterocycles. The zero-order valence-corrected chi connectivity index (χ0v) is 54.8. The number of carbonyl (C=O) groups excluding carboxylic acids is 3. The third-order valence-electron chi connectivity index (χ3n) is 17.6. The van der Waals surface area contributed by atoms with Gasteiger partial charge in [0, 0.05) is 119 Å². The number of halogens is 2. The normalized spacial score (nSPS) is 13.8. The van der Waals surface area contributed by atoms with Crippen molar-refractivity contribution in [1.29, 1.82) is 15.8 Å². The van der Waals surface area contributed by atoms with Gasteiger partial charge in [-0.1, -0.05) is 78.3 Å². The Kier molecular flexibility index (Phi) is 19.8. The van der Waals surface area contributed by atoms with E-state index in [9.17, 15) is 48.9 Å². The molecule has 5 aromatic carbocycles. The van der Waals surface area contributed by atoms with Crippen molar-refractivity contribution >= 4 is 90.4 Å². The summed E-state index contributed by atoms with van der Waals surface area (Å²) in [4.78, 5) is 97.7. The molecule has 0 radical (unpaired) electrons.